The fourth-order valence-electron chi connectivity index (χ4n) is 10.7. The summed E-state index contributed by atoms with van der Waals surface area (Å²) >= 11 is 0. The van der Waals surface area contributed by atoms with Crippen LogP contribution in [-0.2, 0) is 51.2 Å². The molecule has 0 radical (unpaired) electrons. The summed E-state index contributed by atoms with van der Waals surface area (Å²) in [5, 5.41) is 20.9. The summed E-state index contributed by atoms with van der Waals surface area (Å²) in [5.41, 5.74) is 23.8. The molecule has 20 nitrogen and oxygen atoms in total. The van der Waals surface area contributed by atoms with Crippen LogP contribution in [-0.4, -0.2) is 124 Å². The maximum Gasteiger partial charge on any atom is 0.244 e. The number of hydrogen-bond donors (Lipinski definition) is 11. The Bertz CT molecular complexity index is 3380. The molecule has 0 bridgehead atoms. The minimum Gasteiger partial charge on any atom is -0.368 e. The number of pyridine rings is 1. The first-order valence-corrected chi connectivity index (χ1v) is 31.8. The summed E-state index contributed by atoms with van der Waals surface area (Å²) in [6.45, 7) is 3.70. The van der Waals surface area contributed by atoms with E-state index in [1.807, 2.05) is 121 Å². The number of carbonyl (C=O) groups is 8. The number of fused-ring (bicyclic) bond motifs is 1. The van der Waals surface area contributed by atoms with Crippen LogP contribution in [0.5, 0.6) is 0 Å². The molecule has 0 saturated carbocycles. The van der Waals surface area contributed by atoms with Gasteiger partial charge in [-0.05, 0) is 77.2 Å². The number of aromatic amines is 1. The van der Waals surface area contributed by atoms with Gasteiger partial charge in [-0.2, -0.15) is 0 Å². The van der Waals surface area contributed by atoms with E-state index in [1.165, 1.54) is 0 Å². The van der Waals surface area contributed by atoms with Gasteiger partial charge in [-0.1, -0.05) is 181 Å². The third-order valence-corrected chi connectivity index (χ3v) is 17.8. The largest absolute Gasteiger partial charge is 0.368 e. The van der Waals surface area contributed by atoms with Gasteiger partial charge in [0, 0.05) is 65.7 Å². The van der Waals surface area contributed by atoms with Gasteiger partial charge in [0.15, 0.2) is 0 Å². The molecule has 22 heteroatoms. The van der Waals surface area contributed by atoms with Gasteiger partial charge in [0.05, 0.1) is 6.04 Å². The van der Waals surface area contributed by atoms with Crippen molar-refractivity contribution < 1.29 is 38.4 Å². The molecule has 1 aliphatic heterocycles. The Hall–Kier alpha value is -8.83. The van der Waals surface area contributed by atoms with Crippen LogP contribution in [0.3, 0.4) is 0 Å². The van der Waals surface area contributed by atoms with Gasteiger partial charge in [-0.3, -0.25) is 43.3 Å². The van der Waals surface area contributed by atoms with Crippen molar-refractivity contribution in [2.75, 3.05) is 18.1 Å². The fourth-order valence-corrected chi connectivity index (χ4v) is 13.1. The van der Waals surface area contributed by atoms with Crippen molar-refractivity contribution in [2.45, 2.75) is 106 Å². The number of nitrogens with one attached hydrogen (secondary N) is 8. The zero-order valence-electron chi connectivity index (χ0n) is 49.0. The fraction of sp³-hybridized carbons (Fsp3) is 0.318. The first-order chi connectivity index (χ1) is 42.6. The lowest BCUT2D eigenvalue weighted by Crippen LogP contribution is -2.62. The molecule has 14 N–H and O–H groups in total. The number of carbonyl (C=O) groups excluding carboxylic acids is 8. The molecule has 0 aliphatic carbocycles. The van der Waals surface area contributed by atoms with Crippen molar-refractivity contribution in [1.82, 2.24) is 47.2 Å². The van der Waals surface area contributed by atoms with E-state index in [9.17, 15) is 24.0 Å². The number of H-pyrrole nitrogens is 1. The number of para-hydroxylation sites is 1. The zero-order valence-corrected chi connectivity index (χ0v) is 50.6. The van der Waals surface area contributed by atoms with Crippen molar-refractivity contribution in [3.8, 4) is 0 Å². The number of rotatable bonds is 20. The molecule has 3 heterocycles. The van der Waals surface area contributed by atoms with Crippen molar-refractivity contribution in [2.24, 2.45) is 23.1 Å². The van der Waals surface area contributed by atoms with Gasteiger partial charge in [0.1, 0.15) is 42.3 Å². The SMILES string of the molecule is CC(C)[C@@H]1NC(=O)[C@H](CCCCN)NC(=O)[C@@H](Cc2c[nH]c3ccccc23)NC(=O)[C@H](Cc2cccnc2)NC(=O)[C@H](NC(=O)[C@@H](N)C(c2ccccc2)c2ccccc2)CSSC[C@@H](C(=O)N[C@H](C(N)=O)C(c2ccccc2)c2ccccc2)NC1=O. The summed E-state index contributed by atoms with van der Waals surface area (Å²) in [4.78, 5) is 126. The van der Waals surface area contributed by atoms with Crippen LogP contribution in [0.15, 0.2) is 176 Å². The molecule has 8 atom stereocenters. The van der Waals surface area contributed by atoms with E-state index in [1.54, 1.807) is 68.8 Å². The Morgan fingerprint density at radius 2 is 1.14 bits per heavy atom. The quantitative estimate of drug-likeness (QED) is 0.0373. The van der Waals surface area contributed by atoms with E-state index in [-0.39, 0.29) is 37.3 Å². The lowest BCUT2D eigenvalue weighted by molar-refractivity contribution is -0.136. The van der Waals surface area contributed by atoms with Crippen LogP contribution in [0, 0.1) is 5.92 Å². The smallest absolute Gasteiger partial charge is 0.244 e. The standard InChI is InChI=1S/C66H76N12O8S2/c1-40(2)57-66(86)76-53(64(84)78-58(59(69)79)55(44-25-11-5-12-26-44)45-27-13-6-14-28-45)39-88-87-38-52(75-65(85)56(68)54(42-21-7-3-8-22-42)43-23-9-4-10-24-43)63(83)73-50(34-41-20-19-33-70-36-41)61(81)74-51(35-46-37-71-48-30-16-15-29-47(46)48)62(82)72-49(60(80)77-57)31-17-18-32-67/h3-16,19-30,33,36-37,40,49-58,71H,17-18,31-32,34-35,38-39,67-68H2,1-2H3,(H2,69,79)(H,72,82)(H,73,83)(H,74,81)(H,75,85)(H,76,86)(H,77,80)(H,78,84)/t49-,50-,51+,52+,53-,56-,57-,58-/m0/s1. The Balaban J connectivity index is 1.19. The molecule has 1 saturated heterocycles. The predicted octanol–water partition coefficient (Wildman–Crippen LogP) is 4.40. The van der Waals surface area contributed by atoms with Crippen molar-refractivity contribution >= 4 is 79.7 Å². The van der Waals surface area contributed by atoms with Gasteiger partial charge >= 0.3 is 0 Å². The van der Waals surface area contributed by atoms with Gasteiger partial charge < -0.3 is 59.4 Å². The highest BCUT2D eigenvalue weighted by molar-refractivity contribution is 8.76. The molecule has 1 aliphatic rings. The molecule has 0 unspecified atom stereocenters. The van der Waals surface area contributed by atoms with Gasteiger partial charge in [0.2, 0.25) is 47.3 Å². The summed E-state index contributed by atoms with van der Waals surface area (Å²) in [5.74, 6) is -8.54. The predicted molar refractivity (Wildman–Crippen MR) is 343 cm³/mol. The van der Waals surface area contributed by atoms with Crippen LogP contribution in [0.4, 0.5) is 0 Å². The minimum absolute atomic E-state index is 0.0742. The van der Waals surface area contributed by atoms with Gasteiger partial charge in [-0.25, -0.2) is 0 Å². The first kappa shape index (κ1) is 65.2. The Morgan fingerprint density at radius 1 is 0.602 bits per heavy atom. The molecule has 7 aromatic rings. The number of aromatic nitrogens is 2. The molecule has 8 rings (SSSR count). The van der Waals surface area contributed by atoms with Crippen LogP contribution >= 0.6 is 21.6 Å². The topological polar surface area (TPSA) is 328 Å². The highest BCUT2D eigenvalue weighted by atomic mass is 33.1. The van der Waals surface area contributed by atoms with Crippen LogP contribution < -0.4 is 54.4 Å². The average Bonchev–Trinajstić information content (AvgIpc) is 3.24. The third kappa shape index (κ3) is 17.7. The van der Waals surface area contributed by atoms with E-state index >= 15 is 14.4 Å². The van der Waals surface area contributed by atoms with Crippen LogP contribution in [0.25, 0.3) is 10.9 Å². The number of hydrogen-bond acceptors (Lipinski definition) is 13. The first-order valence-electron chi connectivity index (χ1n) is 29.4. The van der Waals surface area contributed by atoms with Crippen LogP contribution in [0.2, 0.25) is 0 Å². The maximum absolute atomic E-state index is 15.2. The zero-order chi connectivity index (χ0) is 62.5. The van der Waals surface area contributed by atoms with E-state index in [0.717, 1.165) is 43.6 Å². The number of nitrogens with zero attached hydrogens (tertiary/aromatic N) is 1. The summed E-state index contributed by atoms with van der Waals surface area (Å²) in [6.07, 6.45) is 5.60. The minimum atomic E-state index is -1.42. The summed E-state index contributed by atoms with van der Waals surface area (Å²) < 4.78 is 0. The molecule has 2 aromatic heterocycles. The van der Waals surface area contributed by atoms with Gasteiger partial charge in [-0.15, -0.1) is 0 Å². The number of amides is 8. The van der Waals surface area contributed by atoms with Crippen molar-refractivity contribution in [3.05, 3.63) is 210 Å². The van der Waals surface area contributed by atoms with E-state index in [4.69, 9.17) is 17.2 Å². The second-order valence-corrected chi connectivity index (χ2v) is 24.6. The number of primary amides is 1. The number of unbranched alkanes of at least 4 members (excludes halogenated alkanes) is 1. The van der Waals surface area contributed by atoms with E-state index < -0.39 is 113 Å². The second kappa shape index (κ2) is 32.2. The van der Waals surface area contributed by atoms with E-state index in [0.29, 0.717) is 35.1 Å². The third-order valence-electron chi connectivity index (χ3n) is 15.4. The summed E-state index contributed by atoms with van der Waals surface area (Å²) in [6, 6.07) is 36.7. The highest BCUT2D eigenvalue weighted by Crippen LogP contribution is 2.31. The maximum atomic E-state index is 15.2. The van der Waals surface area contributed by atoms with Gasteiger partial charge in [0.25, 0.3) is 0 Å². The lowest BCUT2D eigenvalue weighted by Gasteiger charge is -2.31. The van der Waals surface area contributed by atoms with E-state index in [2.05, 4.69) is 47.2 Å². The molecular weight excluding hydrogens is 1150 g/mol. The van der Waals surface area contributed by atoms with Crippen molar-refractivity contribution in [3.63, 3.8) is 0 Å². The highest BCUT2D eigenvalue weighted by Gasteiger charge is 2.39. The monoisotopic (exact) mass is 1230 g/mol. The second-order valence-electron chi connectivity index (χ2n) is 22.0. The molecule has 460 valence electrons. The number of nitrogens with two attached hydrogens (primary N) is 3. The van der Waals surface area contributed by atoms with Crippen LogP contribution in [0.1, 0.15) is 78.3 Å². The molecule has 88 heavy (non-hydrogen) atoms. The van der Waals surface area contributed by atoms with Crippen molar-refractivity contribution in [1.29, 1.82) is 0 Å². The Kier molecular flexibility index (Phi) is 23.9. The normalized spacial score (nSPS) is 20.0. The summed E-state index contributed by atoms with van der Waals surface area (Å²) in [7, 11) is 2.15. The lowest BCUT2D eigenvalue weighted by atomic mass is 9.84. The molecule has 1 fully saturated rings. The number of benzene rings is 5. The molecule has 5 aromatic carbocycles. The Labute approximate surface area is 519 Å². The molecule has 0 spiro atoms. The average molecular weight is 1230 g/mol. The molecular formula is C66H76N12O8S2. The Morgan fingerprint density at radius 3 is 1.70 bits per heavy atom. The molecule has 8 amide bonds.